The summed E-state index contributed by atoms with van der Waals surface area (Å²) < 4.78 is 46.5. The molecule has 2 aliphatic carbocycles. The summed E-state index contributed by atoms with van der Waals surface area (Å²) in [7, 11) is 0. The number of anilines is 1. The Morgan fingerprint density at radius 2 is 1.72 bits per heavy atom. The van der Waals surface area contributed by atoms with Crippen LogP contribution in [0.1, 0.15) is 95.6 Å². The van der Waals surface area contributed by atoms with Crippen molar-refractivity contribution < 1.29 is 27.5 Å². The number of likely N-dealkylation sites (tertiary alicyclic amines) is 2. The van der Waals surface area contributed by atoms with Gasteiger partial charge in [0.2, 0.25) is 0 Å². The van der Waals surface area contributed by atoms with E-state index in [0.29, 0.717) is 30.1 Å². The van der Waals surface area contributed by atoms with E-state index in [1.54, 1.807) is 4.68 Å². The van der Waals surface area contributed by atoms with Crippen molar-refractivity contribution in [2.45, 2.75) is 102 Å². The zero-order valence-electron chi connectivity index (χ0n) is 27.0. The van der Waals surface area contributed by atoms with E-state index in [4.69, 9.17) is 16.3 Å². The number of piperidine rings is 2. The normalized spacial score (nSPS) is 22.3. The molecule has 2 saturated carbocycles. The highest BCUT2D eigenvalue weighted by Crippen LogP contribution is 2.53. The van der Waals surface area contributed by atoms with Crippen LogP contribution in [0.3, 0.4) is 0 Å². The Labute approximate surface area is 274 Å². The fourth-order valence-electron chi connectivity index (χ4n) is 7.89. The third-order valence-corrected chi connectivity index (χ3v) is 11.0. The lowest BCUT2D eigenvalue weighted by atomic mass is 9.57. The smallest absolute Gasteiger partial charge is 0.416 e. The number of aromatic nitrogens is 2. The summed E-state index contributed by atoms with van der Waals surface area (Å²) in [5, 5.41) is 7.23. The lowest BCUT2D eigenvalue weighted by Crippen LogP contribution is -2.52. The summed E-state index contributed by atoms with van der Waals surface area (Å²) in [6, 6.07) is 2.97. The zero-order chi connectivity index (χ0) is 32.9. The van der Waals surface area contributed by atoms with E-state index in [2.05, 4.69) is 15.3 Å². The number of benzene rings is 1. The van der Waals surface area contributed by atoms with E-state index in [0.717, 1.165) is 82.5 Å². The maximum atomic E-state index is 13.4. The van der Waals surface area contributed by atoms with Crippen LogP contribution in [0.25, 0.3) is 0 Å². The van der Waals surface area contributed by atoms with Crippen molar-refractivity contribution in [1.29, 1.82) is 0 Å². The molecule has 0 unspecified atom stereocenters. The first-order chi connectivity index (χ1) is 21.6. The Balaban J connectivity index is 0.971. The fourth-order valence-corrected chi connectivity index (χ4v) is 8.12. The number of carbonyl (C=O) groups is 2. The van der Waals surface area contributed by atoms with Gasteiger partial charge in [0.25, 0.3) is 5.91 Å². The monoisotopic (exact) mass is 663 g/mol. The summed E-state index contributed by atoms with van der Waals surface area (Å²) in [5.41, 5.74) is -0.510. The molecule has 2 saturated heterocycles. The minimum atomic E-state index is -4.51. The van der Waals surface area contributed by atoms with Gasteiger partial charge in [0.15, 0.2) is 0 Å². The van der Waals surface area contributed by atoms with Crippen molar-refractivity contribution >= 4 is 29.3 Å². The standard InChI is InChI=1S/C34H45ClF3N5O3/c1-31(2,3)46-30(45)42-15-11-32(12-16-42)18-23(19-32)21-41-13-7-24(8-14-41)25-20-39-43(22-25)33(9-4-10-33)29(44)40-28-6-5-26(17-27(28)35)34(36,37)38/h5-6,17,20,22-24H,4,7-16,18-19,21H2,1-3H3,(H,40,44). The van der Waals surface area contributed by atoms with E-state index in [1.807, 2.05) is 38.1 Å². The number of hydrogen-bond acceptors (Lipinski definition) is 5. The van der Waals surface area contributed by atoms with Gasteiger partial charge in [-0.15, -0.1) is 0 Å². The van der Waals surface area contributed by atoms with Crippen molar-refractivity contribution in [2.75, 3.05) is 38.0 Å². The number of alkyl halides is 3. The highest BCUT2D eigenvalue weighted by atomic mass is 35.5. The van der Waals surface area contributed by atoms with Gasteiger partial charge >= 0.3 is 12.3 Å². The quantitative estimate of drug-likeness (QED) is 0.343. The number of ether oxygens (including phenoxy) is 1. The van der Waals surface area contributed by atoms with Crippen molar-refractivity contribution in [1.82, 2.24) is 19.6 Å². The SMILES string of the molecule is CC(C)(C)OC(=O)N1CCC2(CC1)CC(CN1CCC(c3cnn(C4(C(=O)Nc5ccc(C(F)(F)F)cc5Cl)CCC4)c3)CC1)C2. The summed E-state index contributed by atoms with van der Waals surface area (Å²) in [5.74, 6) is 0.778. The first-order valence-corrected chi connectivity index (χ1v) is 17.0. The first kappa shape index (κ1) is 33.1. The maximum Gasteiger partial charge on any atom is 0.416 e. The molecule has 4 aliphatic rings. The number of halogens is 4. The van der Waals surface area contributed by atoms with Crippen LogP contribution in [0.15, 0.2) is 30.6 Å². The molecular formula is C34H45ClF3N5O3. The molecule has 3 heterocycles. The van der Waals surface area contributed by atoms with Crippen LogP contribution in [-0.4, -0.2) is 69.9 Å². The second-order valence-electron chi connectivity index (χ2n) is 15.1. The molecule has 0 radical (unpaired) electrons. The van der Waals surface area contributed by atoms with Gasteiger partial charge in [0.1, 0.15) is 11.1 Å². The third-order valence-electron chi connectivity index (χ3n) is 10.7. The number of nitrogens with one attached hydrogen (secondary N) is 1. The first-order valence-electron chi connectivity index (χ1n) is 16.6. The maximum absolute atomic E-state index is 13.4. The minimum absolute atomic E-state index is 0.147. The molecule has 1 spiro atoms. The molecule has 2 amide bonds. The fraction of sp³-hybridized carbons (Fsp3) is 0.676. The van der Waals surface area contributed by atoms with Gasteiger partial charge in [-0.2, -0.15) is 18.3 Å². The molecule has 1 aromatic heterocycles. The van der Waals surface area contributed by atoms with Crippen LogP contribution in [-0.2, 0) is 21.2 Å². The summed E-state index contributed by atoms with van der Waals surface area (Å²) in [6.45, 7) is 10.5. The lowest BCUT2D eigenvalue weighted by Gasteiger charge is -2.53. The van der Waals surface area contributed by atoms with Crippen molar-refractivity contribution in [3.8, 4) is 0 Å². The molecular weight excluding hydrogens is 619 g/mol. The number of hydrogen-bond donors (Lipinski definition) is 1. The lowest BCUT2D eigenvalue weighted by molar-refractivity contribution is -0.137. The van der Waals surface area contributed by atoms with Crippen LogP contribution >= 0.6 is 11.6 Å². The van der Waals surface area contributed by atoms with E-state index >= 15 is 0 Å². The van der Waals surface area contributed by atoms with Gasteiger partial charge in [0.05, 0.1) is 22.5 Å². The van der Waals surface area contributed by atoms with Gasteiger partial charge < -0.3 is 19.9 Å². The van der Waals surface area contributed by atoms with E-state index in [-0.39, 0.29) is 22.7 Å². The predicted molar refractivity (Wildman–Crippen MR) is 170 cm³/mol. The average molecular weight is 664 g/mol. The molecule has 2 aliphatic heterocycles. The van der Waals surface area contributed by atoms with E-state index in [9.17, 15) is 22.8 Å². The molecule has 252 valence electrons. The van der Waals surface area contributed by atoms with Crippen molar-refractivity contribution in [2.24, 2.45) is 11.3 Å². The number of nitrogens with zero attached hydrogens (tertiary/aromatic N) is 4. The molecule has 0 bridgehead atoms. The molecule has 1 aromatic carbocycles. The Hall–Kier alpha value is -2.79. The van der Waals surface area contributed by atoms with Crippen LogP contribution in [0.2, 0.25) is 5.02 Å². The average Bonchev–Trinajstić information content (AvgIpc) is 3.42. The Kier molecular flexibility index (Phi) is 8.89. The third kappa shape index (κ3) is 6.91. The summed E-state index contributed by atoms with van der Waals surface area (Å²) in [6.07, 6.45) is 7.93. The molecule has 0 atom stereocenters. The van der Waals surface area contributed by atoms with Gasteiger partial charge in [0, 0.05) is 25.8 Å². The molecule has 8 nitrogen and oxygen atoms in total. The minimum Gasteiger partial charge on any atom is -0.444 e. The van der Waals surface area contributed by atoms with Crippen molar-refractivity contribution in [3.05, 3.63) is 46.7 Å². The molecule has 1 N–H and O–H groups in total. The predicted octanol–water partition coefficient (Wildman–Crippen LogP) is 7.68. The van der Waals surface area contributed by atoms with Crippen molar-refractivity contribution in [3.63, 3.8) is 0 Å². The number of amides is 2. The highest BCUT2D eigenvalue weighted by Gasteiger charge is 2.48. The largest absolute Gasteiger partial charge is 0.444 e. The van der Waals surface area contributed by atoms with Gasteiger partial charge in [-0.25, -0.2) is 4.79 Å². The van der Waals surface area contributed by atoms with E-state index in [1.165, 1.54) is 18.9 Å². The molecule has 2 aromatic rings. The zero-order valence-corrected chi connectivity index (χ0v) is 27.7. The Bertz CT molecular complexity index is 1430. The van der Waals surface area contributed by atoms with Crippen LogP contribution in [0.4, 0.5) is 23.7 Å². The molecule has 6 rings (SSSR count). The van der Waals surface area contributed by atoms with Crippen LogP contribution < -0.4 is 5.32 Å². The molecule has 46 heavy (non-hydrogen) atoms. The van der Waals surface area contributed by atoms with Crippen LogP contribution in [0, 0.1) is 11.3 Å². The van der Waals surface area contributed by atoms with Crippen LogP contribution in [0.5, 0.6) is 0 Å². The number of carbonyl (C=O) groups excluding carboxylic acids is 2. The summed E-state index contributed by atoms with van der Waals surface area (Å²) >= 11 is 6.11. The van der Waals surface area contributed by atoms with Gasteiger partial charge in [-0.05, 0) is 133 Å². The Morgan fingerprint density at radius 1 is 1.04 bits per heavy atom. The highest BCUT2D eigenvalue weighted by molar-refractivity contribution is 6.33. The second kappa shape index (κ2) is 12.3. The van der Waals surface area contributed by atoms with Gasteiger partial charge in [-0.1, -0.05) is 11.6 Å². The van der Waals surface area contributed by atoms with E-state index < -0.39 is 22.9 Å². The summed E-state index contributed by atoms with van der Waals surface area (Å²) in [4.78, 5) is 30.3. The molecule has 4 fully saturated rings. The topological polar surface area (TPSA) is 79.7 Å². The molecule has 12 heteroatoms. The second-order valence-corrected chi connectivity index (χ2v) is 15.5. The van der Waals surface area contributed by atoms with Gasteiger partial charge in [-0.3, -0.25) is 9.48 Å². The Morgan fingerprint density at radius 3 is 2.28 bits per heavy atom. The number of rotatable bonds is 6.